The summed E-state index contributed by atoms with van der Waals surface area (Å²) >= 11 is 1.67. The zero-order chi connectivity index (χ0) is 22.2. The smallest absolute Gasteiger partial charge is 0.223 e. The summed E-state index contributed by atoms with van der Waals surface area (Å²) in [5.74, 6) is 1.52. The van der Waals surface area contributed by atoms with Crippen LogP contribution in [-0.2, 0) is 6.42 Å². The van der Waals surface area contributed by atoms with Crippen molar-refractivity contribution in [3.05, 3.63) is 23.2 Å². The van der Waals surface area contributed by atoms with Gasteiger partial charge in [-0.2, -0.15) is 0 Å². The lowest BCUT2D eigenvalue weighted by Gasteiger charge is -2.46. The average molecular weight is 433 g/mol. The minimum absolute atomic E-state index is 0.0630. The van der Waals surface area contributed by atoms with Crippen LogP contribution in [0.1, 0.15) is 65.7 Å². The highest BCUT2D eigenvalue weighted by molar-refractivity contribution is 7.15. The third-order valence-electron chi connectivity index (χ3n) is 5.39. The number of aliphatic hydroxyl groups is 1. The molecule has 0 atom stereocenters. The van der Waals surface area contributed by atoms with Crippen LogP contribution in [0.5, 0.6) is 5.75 Å². The van der Waals surface area contributed by atoms with E-state index >= 15 is 0 Å². The molecule has 1 aliphatic rings. The third kappa shape index (κ3) is 6.15. The Morgan fingerprint density at radius 3 is 2.53 bits per heavy atom. The van der Waals surface area contributed by atoms with Crippen molar-refractivity contribution in [1.82, 2.24) is 15.3 Å². The number of hydrogen-bond acceptors (Lipinski definition) is 7. The zero-order valence-corrected chi connectivity index (χ0v) is 20.1. The van der Waals surface area contributed by atoms with Crippen molar-refractivity contribution in [3.8, 4) is 16.3 Å². The van der Waals surface area contributed by atoms with Crippen molar-refractivity contribution >= 4 is 17.3 Å². The first-order chi connectivity index (χ1) is 13.9. The third-order valence-corrected chi connectivity index (χ3v) is 6.58. The normalized spacial score (nSPS) is 18.9. The highest BCUT2D eigenvalue weighted by atomic mass is 32.1. The Morgan fingerprint density at radius 1 is 1.27 bits per heavy atom. The van der Waals surface area contributed by atoms with E-state index in [1.54, 1.807) is 18.4 Å². The van der Waals surface area contributed by atoms with Crippen LogP contribution in [0.2, 0.25) is 0 Å². The van der Waals surface area contributed by atoms with Crippen molar-refractivity contribution in [2.45, 2.75) is 89.9 Å². The van der Waals surface area contributed by atoms with Crippen LogP contribution in [0.3, 0.4) is 0 Å². The number of aryl methyl sites for hydroxylation is 1. The van der Waals surface area contributed by atoms with Gasteiger partial charge in [0.1, 0.15) is 5.75 Å². The van der Waals surface area contributed by atoms with E-state index in [9.17, 15) is 5.11 Å². The number of piperidine rings is 1. The Morgan fingerprint density at radius 2 is 1.93 bits per heavy atom. The standard InChI is InChI=1S/C23H36N4O2S/c1-21(2)13-15(14-22(3,4)27-21)25-20-24-11-9-16(26-20)19-12-17(29-7)18(30-19)8-10-23(5,6)28/h9,11-12,15,27-28H,8,10,13-14H2,1-7H3,(H,24,25,26). The molecule has 30 heavy (non-hydrogen) atoms. The van der Waals surface area contributed by atoms with Crippen LogP contribution in [0.25, 0.3) is 10.6 Å². The largest absolute Gasteiger partial charge is 0.496 e. The Kier molecular flexibility index (Phi) is 6.46. The molecule has 0 bridgehead atoms. The van der Waals surface area contributed by atoms with Crippen LogP contribution < -0.4 is 15.4 Å². The molecule has 0 radical (unpaired) electrons. The van der Waals surface area contributed by atoms with E-state index in [4.69, 9.17) is 9.72 Å². The number of anilines is 1. The Bertz CT molecular complexity index is 854. The SMILES string of the molecule is COc1cc(-c2ccnc(NC3CC(C)(C)NC(C)(C)C3)n2)sc1CCC(C)(C)O. The summed E-state index contributed by atoms with van der Waals surface area (Å²) in [5, 5.41) is 17.3. The molecule has 1 saturated heterocycles. The lowest BCUT2D eigenvalue weighted by atomic mass is 9.80. The molecular weight excluding hydrogens is 396 g/mol. The van der Waals surface area contributed by atoms with Gasteiger partial charge in [-0.05, 0) is 73.3 Å². The van der Waals surface area contributed by atoms with E-state index in [1.165, 1.54) is 0 Å². The van der Waals surface area contributed by atoms with Crippen molar-refractivity contribution in [2.24, 2.45) is 0 Å². The fraction of sp³-hybridized carbons (Fsp3) is 0.652. The maximum atomic E-state index is 10.1. The number of aromatic nitrogens is 2. The molecule has 166 valence electrons. The summed E-state index contributed by atoms with van der Waals surface area (Å²) in [6.45, 7) is 12.6. The molecule has 3 heterocycles. The maximum Gasteiger partial charge on any atom is 0.223 e. The van der Waals surface area contributed by atoms with E-state index in [0.717, 1.165) is 40.5 Å². The van der Waals surface area contributed by atoms with Gasteiger partial charge in [-0.15, -0.1) is 11.3 Å². The predicted octanol–water partition coefficient (Wildman–Crippen LogP) is 4.64. The second kappa shape index (κ2) is 8.44. The molecule has 3 N–H and O–H groups in total. The zero-order valence-electron chi connectivity index (χ0n) is 19.3. The van der Waals surface area contributed by atoms with E-state index in [1.807, 2.05) is 32.2 Å². The number of ether oxygens (including phenoxy) is 1. The van der Waals surface area contributed by atoms with E-state index in [-0.39, 0.29) is 11.1 Å². The summed E-state index contributed by atoms with van der Waals surface area (Å²) in [7, 11) is 1.69. The maximum absolute atomic E-state index is 10.1. The number of rotatable bonds is 7. The predicted molar refractivity (Wildman–Crippen MR) is 124 cm³/mol. The summed E-state index contributed by atoms with van der Waals surface area (Å²) in [6, 6.07) is 4.28. The van der Waals surface area contributed by atoms with Gasteiger partial charge >= 0.3 is 0 Å². The van der Waals surface area contributed by atoms with E-state index in [0.29, 0.717) is 18.4 Å². The molecule has 0 aromatic carbocycles. The van der Waals surface area contributed by atoms with Crippen molar-refractivity contribution in [3.63, 3.8) is 0 Å². The van der Waals surface area contributed by atoms with Gasteiger partial charge in [0.05, 0.1) is 23.3 Å². The minimum atomic E-state index is -0.697. The summed E-state index contributed by atoms with van der Waals surface area (Å²) < 4.78 is 5.57. The van der Waals surface area contributed by atoms with Gasteiger partial charge in [0.15, 0.2) is 0 Å². The summed E-state index contributed by atoms with van der Waals surface area (Å²) in [5.41, 5.74) is 0.316. The topological polar surface area (TPSA) is 79.3 Å². The van der Waals surface area contributed by atoms with Crippen LogP contribution >= 0.6 is 11.3 Å². The second-order valence-corrected chi connectivity index (χ2v) is 11.5. The lowest BCUT2D eigenvalue weighted by Crippen LogP contribution is -2.60. The highest BCUT2D eigenvalue weighted by Gasteiger charge is 2.37. The van der Waals surface area contributed by atoms with Crippen molar-refractivity contribution < 1.29 is 9.84 Å². The molecule has 1 fully saturated rings. The van der Waals surface area contributed by atoms with E-state index < -0.39 is 5.60 Å². The fourth-order valence-electron chi connectivity index (χ4n) is 4.48. The summed E-state index contributed by atoms with van der Waals surface area (Å²) in [6.07, 6.45) is 5.29. The molecule has 2 aromatic rings. The summed E-state index contributed by atoms with van der Waals surface area (Å²) in [4.78, 5) is 11.4. The number of methoxy groups -OCH3 is 1. The van der Waals surface area contributed by atoms with Gasteiger partial charge in [-0.25, -0.2) is 9.97 Å². The van der Waals surface area contributed by atoms with Gasteiger partial charge in [0, 0.05) is 34.3 Å². The van der Waals surface area contributed by atoms with Gasteiger partial charge in [0.2, 0.25) is 5.95 Å². The molecule has 1 aliphatic heterocycles. The monoisotopic (exact) mass is 432 g/mol. The average Bonchev–Trinajstić information content (AvgIpc) is 3.00. The molecule has 0 saturated carbocycles. The number of nitrogens with one attached hydrogen (secondary N) is 2. The lowest BCUT2D eigenvalue weighted by molar-refractivity contribution is 0.0715. The van der Waals surface area contributed by atoms with Crippen LogP contribution in [0, 0.1) is 0 Å². The number of thiophene rings is 1. The highest BCUT2D eigenvalue weighted by Crippen LogP contribution is 2.37. The second-order valence-electron chi connectivity index (χ2n) is 10.3. The molecule has 0 amide bonds. The Labute approximate surface area is 184 Å². The van der Waals surface area contributed by atoms with E-state index in [2.05, 4.69) is 43.3 Å². The van der Waals surface area contributed by atoms with Gasteiger partial charge in [-0.3, -0.25) is 0 Å². The Hall–Kier alpha value is -1.70. The van der Waals surface area contributed by atoms with Crippen LogP contribution in [-0.4, -0.2) is 44.9 Å². The first kappa shape index (κ1) is 23.0. The van der Waals surface area contributed by atoms with Gasteiger partial charge < -0.3 is 20.5 Å². The molecule has 0 unspecified atom stereocenters. The molecule has 0 aliphatic carbocycles. The van der Waals surface area contributed by atoms with Crippen LogP contribution in [0.4, 0.5) is 5.95 Å². The minimum Gasteiger partial charge on any atom is -0.496 e. The fourth-order valence-corrected chi connectivity index (χ4v) is 5.57. The Balaban J connectivity index is 1.78. The molecule has 2 aromatic heterocycles. The molecule has 6 nitrogen and oxygen atoms in total. The number of hydrogen-bond donors (Lipinski definition) is 3. The van der Waals surface area contributed by atoms with Crippen LogP contribution in [0.15, 0.2) is 18.3 Å². The molecule has 3 rings (SSSR count). The molecule has 7 heteroatoms. The first-order valence-corrected chi connectivity index (χ1v) is 11.5. The number of nitrogens with zero attached hydrogens (tertiary/aromatic N) is 2. The first-order valence-electron chi connectivity index (χ1n) is 10.6. The quantitative estimate of drug-likeness (QED) is 0.592. The van der Waals surface area contributed by atoms with Gasteiger partial charge in [-0.1, -0.05) is 0 Å². The van der Waals surface area contributed by atoms with Gasteiger partial charge in [0.25, 0.3) is 0 Å². The van der Waals surface area contributed by atoms with Crippen molar-refractivity contribution in [2.75, 3.05) is 12.4 Å². The van der Waals surface area contributed by atoms with Crippen molar-refractivity contribution in [1.29, 1.82) is 0 Å². The molecular formula is C23H36N4O2S. The molecule has 0 spiro atoms.